The lowest BCUT2D eigenvalue weighted by molar-refractivity contribution is -0.133. The number of carbonyl (C=O) groups is 3. The van der Waals surface area contributed by atoms with Gasteiger partial charge in [-0.1, -0.05) is 12.1 Å². The number of hydrogen-bond acceptors (Lipinski definition) is 4. The van der Waals surface area contributed by atoms with Crippen molar-refractivity contribution >= 4 is 50.8 Å². The minimum absolute atomic E-state index is 0.341. The maximum Gasteiger partial charge on any atom is 0.325 e. The van der Waals surface area contributed by atoms with Crippen LogP contribution in [0.4, 0.5) is 10.5 Å². The van der Waals surface area contributed by atoms with Gasteiger partial charge in [-0.15, -0.1) is 11.3 Å². The second kappa shape index (κ2) is 6.61. The molecule has 1 atom stereocenters. The van der Waals surface area contributed by atoms with Gasteiger partial charge in [-0.3, -0.25) is 14.5 Å². The van der Waals surface area contributed by atoms with Gasteiger partial charge in [0, 0.05) is 9.35 Å². The van der Waals surface area contributed by atoms with Gasteiger partial charge in [-0.2, -0.15) is 0 Å². The average molecular weight is 422 g/mol. The highest BCUT2D eigenvalue weighted by Crippen LogP contribution is 2.32. The summed E-state index contributed by atoms with van der Waals surface area (Å²) in [4.78, 5) is 38.9. The minimum Gasteiger partial charge on any atom is -0.323 e. The molecule has 3 rings (SSSR count). The number of nitrogens with one attached hydrogen (secondary N) is 2. The highest BCUT2D eigenvalue weighted by molar-refractivity contribution is 9.10. The monoisotopic (exact) mass is 421 g/mol. The first-order valence-corrected chi connectivity index (χ1v) is 9.22. The van der Waals surface area contributed by atoms with Crippen molar-refractivity contribution < 1.29 is 14.4 Å². The lowest BCUT2D eigenvalue weighted by Gasteiger charge is -2.20. The Labute approximate surface area is 157 Å². The van der Waals surface area contributed by atoms with Crippen molar-refractivity contribution in [3.05, 3.63) is 50.6 Å². The maximum atomic E-state index is 12.7. The fourth-order valence-electron chi connectivity index (χ4n) is 2.63. The number of hydrogen-bond donors (Lipinski definition) is 2. The first-order chi connectivity index (χ1) is 11.8. The smallest absolute Gasteiger partial charge is 0.323 e. The first-order valence-electron chi connectivity index (χ1n) is 7.55. The van der Waals surface area contributed by atoms with Crippen LogP contribution in [0.5, 0.6) is 0 Å². The highest BCUT2D eigenvalue weighted by atomic mass is 79.9. The quantitative estimate of drug-likeness (QED) is 0.743. The Balaban J connectivity index is 1.73. The fraction of sp³-hybridized carbons (Fsp3) is 0.235. The van der Waals surface area contributed by atoms with E-state index >= 15 is 0 Å². The Morgan fingerprint density at radius 3 is 2.76 bits per heavy atom. The van der Waals surface area contributed by atoms with E-state index < -0.39 is 23.4 Å². The fourth-order valence-corrected chi connectivity index (χ4v) is 4.05. The number of urea groups is 1. The van der Waals surface area contributed by atoms with Crippen LogP contribution in [0.15, 0.2) is 40.2 Å². The molecule has 0 radical (unpaired) electrons. The lowest BCUT2D eigenvalue weighted by atomic mass is 10.0. The third-order valence-corrected chi connectivity index (χ3v) is 5.74. The Kier molecular flexibility index (Phi) is 4.66. The molecule has 1 fully saturated rings. The third kappa shape index (κ3) is 3.32. The average Bonchev–Trinajstić information content (AvgIpc) is 3.15. The molecule has 0 bridgehead atoms. The summed E-state index contributed by atoms with van der Waals surface area (Å²) in [6.45, 7) is 3.24. The lowest BCUT2D eigenvalue weighted by Crippen LogP contribution is -2.41. The van der Waals surface area contributed by atoms with Crippen molar-refractivity contribution in [1.29, 1.82) is 0 Å². The van der Waals surface area contributed by atoms with Crippen LogP contribution in [-0.4, -0.2) is 29.3 Å². The third-order valence-electron chi connectivity index (χ3n) is 3.99. The molecular formula is C17H16BrN3O3S. The predicted octanol–water partition coefficient (Wildman–Crippen LogP) is 3.22. The maximum absolute atomic E-state index is 12.7. The van der Waals surface area contributed by atoms with Gasteiger partial charge in [0.2, 0.25) is 5.91 Å². The largest absolute Gasteiger partial charge is 0.325 e. The molecule has 8 heteroatoms. The summed E-state index contributed by atoms with van der Waals surface area (Å²) in [7, 11) is 0. The molecule has 1 aliphatic heterocycles. The molecule has 130 valence electrons. The number of carbonyl (C=O) groups excluding carboxylic acids is 3. The van der Waals surface area contributed by atoms with Crippen LogP contribution in [0.2, 0.25) is 0 Å². The van der Waals surface area contributed by atoms with Gasteiger partial charge in [-0.05, 0) is 58.9 Å². The van der Waals surface area contributed by atoms with Gasteiger partial charge >= 0.3 is 6.03 Å². The molecule has 25 heavy (non-hydrogen) atoms. The highest BCUT2D eigenvalue weighted by Gasteiger charge is 2.50. The van der Waals surface area contributed by atoms with Crippen LogP contribution in [0.25, 0.3) is 0 Å². The summed E-state index contributed by atoms with van der Waals surface area (Å²) in [5.41, 5.74) is 0.505. The minimum atomic E-state index is -1.13. The zero-order valence-corrected chi connectivity index (χ0v) is 16.0. The Morgan fingerprint density at radius 1 is 1.36 bits per heavy atom. The summed E-state index contributed by atoms with van der Waals surface area (Å²) in [5.74, 6) is -0.874. The summed E-state index contributed by atoms with van der Waals surface area (Å²) < 4.78 is 0.737. The number of halogens is 1. The number of nitrogens with zero attached hydrogens (tertiary/aromatic N) is 1. The van der Waals surface area contributed by atoms with Gasteiger partial charge < -0.3 is 10.6 Å². The van der Waals surface area contributed by atoms with E-state index in [1.165, 1.54) is 11.3 Å². The molecule has 0 aliphatic carbocycles. The molecule has 2 N–H and O–H groups in total. The second-order valence-corrected chi connectivity index (χ2v) is 7.76. The van der Waals surface area contributed by atoms with Crippen molar-refractivity contribution in [2.75, 3.05) is 11.9 Å². The number of anilines is 1. The molecule has 1 aromatic heterocycles. The summed E-state index contributed by atoms with van der Waals surface area (Å²) in [6, 6.07) is 8.53. The van der Waals surface area contributed by atoms with Crippen LogP contribution in [0.3, 0.4) is 0 Å². The van der Waals surface area contributed by atoms with E-state index in [1.54, 1.807) is 19.1 Å². The Hall–Kier alpha value is -2.19. The standard InChI is InChI=1S/C17H16BrN3O3S/c1-10-5-6-12(11(18)8-10)19-14(22)9-21-15(23)17(2,20-16(21)24)13-4-3-7-25-13/h3-8H,9H2,1-2H3,(H,19,22)(H,20,24). The van der Waals surface area contributed by atoms with Crippen LogP contribution < -0.4 is 10.6 Å². The molecule has 1 saturated heterocycles. The predicted molar refractivity (Wildman–Crippen MR) is 99.4 cm³/mol. The molecule has 0 spiro atoms. The number of aryl methyl sites for hydroxylation is 1. The van der Waals surface area contributed by atoms with E-state index in [2.05, 4.69) is 26.6 Å². The van der Waals surface area contributed by atoms with Crippen molar-refractivity contribution in [2.45, 2.75) is 19.4 Å². The molecule has 4 amide bonds. The van der Waals surface area contributed by atoms with Crippen molar-refractivity contribution in [1.82, 2.24) is 10.2 Å². The van der Waals surface area contributed by atoms with Gasteiger partial charge in [0.15, 0.2) is 5.54 Å². The van der Waals surface area contributed by atoms with E-state index in [0.29, 0.717) is 5.69 Å². The molecule has 0 saturated carbocycles. The number of benzene rings is 1. The van der Waals surface area contributed by atoms with Gasteiger partial charge in [-0.25, -0.2) is 4.79 Å². The Morgan fingerprint density at radius 2 is 2.12 bits per heavy atom. The molecule has 1 unspecified atom stereocenters. The van der Waals surface area contributed by atoms with Gasteiger partial charge in [0.1, 0.15) is 6.54 Å². The summed E-state index contributed by atoms with van der Waals surface area (Å²) in [5, 5.41) is 7.23. The van der Waals surface area contributed by atoms with Gasteiger partial charge in [0.05, 0.1) is 5.69 Å². The molecule has 1 aliphatic rings. The molecule has 2 aromatic rings. The van der Waals surface area contributed by atoms with E-state index in [-0.39, 0.29) is 6.54 Å². The summed E-state index contributed by atoms with van der Waals surface area (Å²) >= 11 is 4.77. The second-order valence-electron chi connectivity index (χ2n) is 5.96. The summed E-state index contributed by atoms with van der Waals surface area (Å²) in [6.07, 6.45) is 0. The molecular weight excluding hydrogens is 406 g/mol. The zero-order valence-electron chi connectivity index (χ0n) is 13.6. The number of thiophene rings is 1. The van der Waals surface area contributed by atoms with Crippen LogP contribution in [-0.2, 0) is 15.1 Å². The molecule has 2 heterocycles. The van der Waals surface area contributed by atoms with Crippen LogP contribution in [0, 0.1) is 6.92 Å². The topological polar surface area (TPSA) is 78.5 Å². The number of rotatable bonds is 4. The van der Waals surface area contributed by atoms with Crippen molar-refractivity contribution in [3.8, 4) is 0 Å². The SMILES string of the molecule is Cc1ccc(NC(=O)CN2C(=O)NC(C)(c3cccs3)C2=O)c(Br)c1. The van der Waals surface area contributed by atoms with Gasteiger partial charge in [0.25, 0.3) is 5.91 Å². The number of imide groups is 1. The van der Waals surface area contributed by atoms with E-state index in [9.17, 15) is 14.4 Å². The first kappa shape index (κ1) is 17.6. The van der Waals surface area contributed by atoms with E-state index in [1.807, 2.05) is 30.5 Å². The number of amides is 4. The van der Waals surface area contributed by atoms with Crippen molar-refractivity contribution in [3.63, 3.8) is 0 Å². The van der Waals surface area contributed by atoms with E-state index in [0.717, 1.165) is 19.8 Å². The van der Waals surface area contributed by atoms with Crippen LogP contribution in [0.1, 0.15) is 17.4 Å². The Bertz CT molecular complexity index is 853. The van der Waals surface area contributed by atoms with E-state index in [4.69, 9.17) is 0 Å². The van der Waals surface area contributed by atoms with Crippen LogP contribution >= 0.6 is 27.3 Å². The normalized spacial score (nSPS) is 19.9. The molecule has 1 aromatic carbocycles. The van der Waals surface area contributed by atoms with Crippen molar-refractivity contribution in [2.24, 2.45) is 0 Å². The zero-order chi connectivity index (χ0) is 18.2. The molecule has 6 nitrogen and oxygen atoms in total.